The number of allylic oxidation sites excluding steroid dienone is 23. The molecule has 3 N–H and O–H groups in total. The van der Waals surface area contributed by atoms with Crippen LogP contribution < -0.4 is 5.32 Å². The van der Waals surface area contributed by atoms with Crippen LogP contribution in [0.3, 0.4) is 0 Å². The molecule has 89 heavy (non-hydrogen) atoms. The van der Waals surface area contributed by atoms with Gasteiger partial charge in [0.15, 0.2) is 0 Å². The average Bonchev–Trinajstić information content (AvgIpc) is 3.61. The van der Waals surface area contributed by atoms with Crippen molar-refractivity contribution < 1.29 is 32.9 Å². The number of aliphatic hydroxyl groups excluding tert-OH is 1. The Hall–Kier alpha value is -3.62. The zero-order valence-corrected chi connectivity index (χ0v) is 59.3. The summed E-state index contributed by atoms with van der Waals surface area (Å²) in [4.78, 5) is 23.4. The number of unbranched alkanes of at least 4 members (excludes halogenated alkanes) is 31. The highest BCUT2D eigenvalue weighted by Gasteiger charge is 2.28. The molecule has 8 nitrogen and oxygen atoms in total. The van der Waals surface area contributed by atoms with Gasteiger partial charge in [-0.2, -0.15) is 0 Å². The molecule has 0 radical (unpaired) electrons. The first-order valence-corrected chi connectivity index (χ1v) is 38.2. The molecule has 0 aromatic heterocycles. The van der Waals surface area contributed by atoms with Crippen molar-refractivity contribution in [3.05, 3.63) is 146 Å². The molecular weight excluding hydrogens is 1120 g/mol. The molecule has 3 unspecified atom stereocenters. The van der Waals surface area contributed by atoms with Gasteiger partial charge in [0.05, 0.1) is 39.9 Å². The Morgan fingerprint density at radius 2 is 0.685 bits per heavy atom. The summed E-state index contributed by atoms with van der Waals surface area (Å²) < 4.78 is 23.8. The Labute approximate surface area is 550 Å². The standard InChI is InChI=1S/C80H139N2O6P/c1-6-8-10-12-14-16-18-20-22-24-26-28-30-32-34-35-36-37-38-39-40-41-42-43-44-45-46-47-48-50-52-54-56-58-60-62-64-66-68-70-72-74-80(84)81-78(77-88-89(85,86)87-76-75-82(3,4)5)79(83)73-71-69-67-65-63-61-59-57-55-53-51-49-33-31-29-27-25-23-21-19-17-15-13-11-9-7-2/h8,10,14,16,20,22,26,28,32,34,36-37,39-40,42-43,45-46,55,57,63,65,71,73,78-79,83H,6-7,9,11-13,15,17-19,21,23-25,27,29-31,33,35,38,41,44,47-54,56,58-62,64,66-70,72,74-77H2,1-5H3,(H-,81,84,85,86)/p+1/b10-8-,16-14-,22-20-,28-26-,34-32-,37-36-,40-39-,43-42-,46-45-,57-55+,65-63+,73-71+. The maximum Gasteiger partial charge on any atom is 0.472 e. The number of quaternary nitrogens is 1. The van der Waals surface area contributed by atoms with E-state index >= 15 is 0 Å². The topological polar surface area (TPSA) is 105 Å². The van der Waals surface area contributed by atoms with Gasteiger partial charge in [0.2, 0.25) is 5.91 Å². The van der Waals surface area contributed by atoms with Crippen LogP contribution >= 0.6 is 7.82 Å². The predicted octanol–water partition coefficient (Wildman–Crippen LogP) is 23.9. The van der Waals surface area contributed by atoms with E-state index in [0.717, 1.165) is 103 Å². The molecule has 0 aliphatic rings. The van der Waals surface area contributed by atoms with Gasteiger partial charge < -0.3 is 19.8 Å². The lowest BCUT2D eigenvalue weighted by atomic mass is 10.0. The molecule has 0 heterocycles. The van der Waals surface area contributed by atoms with Gasteiger partial charge in [-0.15, -0.1) is 0 Å². The number of carbonyl (C=O) groups is 1. The van der Waals surface area contributed by atoms with E-state index in [2.05, 4.69) is 153 Å². The molecule has 0 aliphatic carbocycles. The van der Waals surface area contributed by atoms with E-state index in [1.807, 2.05) is 27.2 Å². The van der Waals surface area contributed by atoms with Crippen LogP contribution in [0.15, 0.2) is 146 Å². The number of rotatable bonds is 66. The van der Waals surface area contributed by atoms with Crippen LogP contribution in [0.25, 0.3) is 0 Å². The molecule has 3 atom stereocenters. The Morgan fingerprint density at radius 3 is 1.03 bits per heavy atom. The summed E-state index contributed by atoms with van der Waals surface area (Å²) in [6.45, 7) is 4.69. The van der Waals surface area contributed by atoms with Crippen LogP contribution in [0.2, 0.25) is 0 Å². The van der Waals surface area contributed by atoms with E-state index in [1.165, 1.54) is 180 Å². The van der Waals surface area contributed by atoms with Crippen LogP contribution in [-0.2, 0) is 18.4 Å². The first kappa shape index (κ1) is 85.4. The molecule has 0 aromatic rings. The fourth-order valence-corrected chi connectivity index (χ4v) is 10.9. The molecule has 0 spiro atoms. The highest BCUT2D eigenvalue weighted by molar-refractivity contribution is 7.47. The van der Waals surface area contributed by atoms with E-state index in [9.17, 15) is 19.4 Å². The maximum absolute atomic E-state index is 13.1. The SMILES string of the molecule is CC/C=C\C/C=C\C/C=C\C/C=C\C/C=C\C/C=C\C/C=C\C/C=C\C/C=C\CCCCCCCCCCCCCCCC(=O)NC(COP(=O)(O)OCC[N+](C)(C)C)C(O)/C=C/CC/C=C/CC/C=C/CCCCCCCCCCCCCCCCCC. The number of hydrogen-bond acceptors (Lipinski definition) is 5. The molecule has 0 rings (SSSR count). The third-order valence-corrected chi connectivity index (χ3v) is 16.8. The molecule has 0 aliphatic heterocycles. The van der Waals surface area contributed by atoms with Crippen LogP contribution in [0, 0.1) is 0 Å². The zero-order valence-electron chi connectivity index (χ0n) is 58.4. The van der Waals surface area contributed by atoms with E-state index in [4.69, 9.17) is 9.05 Å². The van der Waals surface area contributed by atoms with Crippen LogP contribution in [0.4, 0.5) is 0 Å². The molecule has 0 bridgehead atoms. The van der Waals surface area contributed by atoms with E-state index in [1.54, 1.807) is 6.08 Å². The summed E-state index contributed by atoms with van der Waals surface area (Å²) in [6.07, 6.45) is 106. The minimum atomic E-state index is -4.38. The number of amides is 1. The van der Waals surface area contributed by atoms with E-state index in [-0.39, 0.29) is 19.1 Å². The summed E-state index contributed by atoms with van der Waals surface area (Å²) in [5.74, 6) is -0.195. The smallest absolute Gasteiger partial charge is 0.387 e. The summed E-state index contributed by atoms with van der Waals surface area (Å²) in [5, 5.41) is 14.0. The highest BCUT2D eigenvalue weighted by atomic mass is 31.2. The lowest BCUT2D eigenvalue weighted by Crippen LogP contribution is -2.45. The Kier molecular flexibility index (Phi) is 65.9. The van der Waals surface area contributed by atoms with Crippen molar-refractivity contribution in [3.8, 4) is 0 Å². The second kappa shape index (κ2) is 68.7. The third-order valence-electron chi connectivity index (χ3n) is 15.8. The molecule has 510 valence electrons. The van der Waals surface area contributed by atoms with Crippen molar-refractivity contribution in [1.29, 1.82) is 0 Å². The van der Waals surface area contributed by atoms with Crippen molar-refractivity contribution >= 4 is 13.7 Å². The molecule has 0 saturated heterocycles. The Balaban J connectivity index is 4.12. The minimum absolute atomic E-state index is 0.0477. The number of likely N-dealkylation sites (N-methyl/N-ethyl adjacent to an activating group) is 1. The lowest BCUT2D eigenvalue weighted by Gasteiger charge is -2.25. The second-order valence-corrected chi connectivity index (χ2v) is 27.0. The van der Waals surface area contributed by atoms with Crippen molar-refractivity contribution in [2.24, 2.45) is 0 Å². The van der Waals surface area contributed by atoms with Gasteiger partial charge in [-0.3, -0.25) is 13.8 Å². The molecule has 0 saturated carbocycles. The summed E-state index contributed by atoms with van der Waals surface area (Å²) in [7, 11) is 1.54. The zero-order chi connectivity index (χ0) is 64.8. The first-order valence-electron chi connectivity index (χ1n) is 36.7. The largest absolute Gasteiger partial charge is 0.472 e. The number of hydrogen-bond donors (Lipinski definition) is 3. The molecule has 0 fully saturated rings. The fourth-order valence-electron chi connectivity index (χ4n) is 10.1. The normalized spacial score (nSPS) is 14.5. The van der Waals surface area contributed by atoms with Crippen molar-refractivity contribution in [3.63, 3.8) is 0 Å². The van der Waals surface area contributed by atoms with Gasteiger partial charge in [0.25, 0.3) is 0 Å². The van der Waals surface area contributed by atoms with Gasteiger partial charge in [-0.1, -0.05) is 327 Å². The van der Waals surface area contributed by atoms with Gasteiger partial charge in [0.1, 0.15) is 13.2 Å². The highest BCUT2D eigenvalue weighted by Crippen LogP contribution is 2.43. The Morgan fingerprint density at radius 1 is 0.393 bits per heavy atom. The van der Waals surface area contributed by atoms with Crippen molar-refractivity contribution in [2.45, 2.75) is 315 Å². The lowest BCUT2D eigenvalue weighted by molar-refractivity contribution is -0.870. The minimum Gasteiger partial charge on any atom is -0.387 e. The fraction of sp³-hybridized carbons (Fsp3) is 0.688. The summed E-state index contributed by atoms with van der Waals surface area (Å²) >= 11 is 0. The number of phosphoric acid groups is 1. The molecule has 1 amide bonds. The van der Waals surface area contributed by atoms with Gasteiger partial charge >= 0.3 is 7.82 Å². The number of nitrogens with one attached hydrogen (secondary N) is 1. The number of carbonyl (C=O) groups excluding carboxylic acids is 1. The number of phosphoric ester groups is 1. The van der Waals surface area contributed by atoms with Crippen LogP contribution in [0.1, 0.15) is 303 Å². The van der Waals surface area contributed by atoms with Gasteiger partial charge in [0, 0.05) is 6.42 Å². The molecule has 9 heteroatoms. The summed E-state index contributed by atoms with van der Waals surface area (Å²) in [6, 6.07) is -0.881. The maximum atomic E-state index is 13.1. The van der Waals surface area contributed by atoms with Gasteiger partial charge in [-0.25, -0.2) is 4.57 Å². The quantitative estimate of drug-likeness (QED) is 0.0243. The number of aliphatic hydroxyl groups is 1. The second-order valence-electron chi connectivity index (χ2n) is 25.6. The van der Waals surface area contributed by atoms with Gasteiger partial charge in [-0.05, 0) is 116 Å². The summed E-state index contributed by atoms with van der Waals surface area (Å²) in [5.41, 5.74) is 0. The molecule has 0 aromatic carbocycles. The average molecular weight is 1260 g/mol. The third kappa shape index (κ3) is 71.7. The Bertz CT molecular complexity index is 1960. The van der Waals surface area contributed by atoms with E-state index < -0.39 is 20.0 Å². The van der Waals surface area contributed by atoms with Crippen molar-refractivity contribution in [2.75, 3.05) is 40.9 Å². The predicted molar refractivity (Wildman–Crippen MR) is 391 cm³/mol. The first-order chi connectivity index (χ1) is 43.5. The number of nitrogens with zero attached hydrogens (tertiary/aromatic N) is 1. The van der Waals surface area contributed by atoms with Crippen LogP contribution in [0.5, 0.6) is 0 Å². The van der Waals surface area contributed by atoms with Crippen LogP contribution in [-0.4, -0.2) is 73.4 Å². The monoisotopic (exact) mass is 1260 g/mol. The van der Waals surface area contributed by atoms with Crippen molar-refractivity contribution in [1.82, 2.24) is 5.32 Å². The molecular formula is C80H140N2O6P+. The van der Waals surface area contributed by atoms with E-state index in [0.29, 0.717) is 17.4 Å².